The number of rotatable bonds is 4. The standard InChI is InChI=1S/C19H30O9S2/c1-18-7-5-12(27-29(21,22)23)9-11(18)3-4-13-14(18)6-8-19(2)15(13)10-16(17(19)20)28-30(24,25)26/h11-16H,3-10H2,1-2H3,(H,21,22,23)(H,24,25,26)/t11-,12-,13-,14+,15+,16-,18+,19+/m1/s1. The SMILES string of the molecule is C[C@]12CC[C@@H](OS(=O)(=O)O)C[C@H]1CC[C@@H]1[C@@H]2CC[C@]2(C)C(=O)[C@H](OS(=O)(=O)O)C[C@@H]12. The molecule has 0 aliphatic heterocycles. The molecular weight excluding hydrogens is 436 g/mol. The first-order valence-electron chi connectivity index (χ1n) is 10.6. The molecule has 30 heavy (non-hydrogen) atoms. The van der Waals surface area contributed by atoms with Crippen LogP contribution in [0.3, 0.4) is 0 Å². The summed E-state index contributed by atoms with van der Waals surface area (Å²) in [6.45, 7) is 4.14. The Morgan fingerprint density at radius 3 is 2.17 bits per heavy atom. The summed E-state index contributed by atoms with van der Waals surface area (Å²) in [5.74, 6) is 0.632. The summed E-state index contributed by atoms with van der Waals surface area (Å²) in [7, 11) is -9.17. The lowest BCUT2D eigenvalue weighted by Crippen LogP contribution is -2.54. The van der Waals surface area contributed by atoms with Gasteiger partial charge in [0, 0.05) is 5.41 Å². The molecule has 4 aliphatic carbocycles. The number of fused-ring (bicyclic) bond motifs is 5. The third kappa shape index (κ3) is 3.86. The molecule has 0 spiro atoms. The van der Waals surface area contributed by atoms with Crippen LogP contribution in [0.1, 0.15) is 65.2 Å². The van der Waals surface area contributed by atoms with Gasteiger partial charge in [-0.05, 0) is 80.5 Å². The van der Waals surface area contributed by atoms with E-state index in [0.717, 1.165) is 25.7 Å². The minimum atomic E-state index is -4.70. The summed E-state index contributed by atoms with van der Waals surface area (Å²) < 4.78 is 72.3. The van der Waals surface area contributed by atoms with Gasteiger partial charge in [-0.15, -0.1) is 0 Å². The molecular formula is C19H30O9S2. The Kier molecular flexibility index (Phi) is 5.43. The number of Topliss-reactive ketones (excluding diaryl/α,β-unsaturated/α-hetero) is 1. The molecule has 0 heterocycles. The monoisotopic (exact) mass is 466 g/mol. The van der Waals surface area contributed by atoms with Gasteiger partial charge in [-0.1, -0.05) is 13.8 Å². The van der Waals surface area contributed by atoms with Crippen LogP contribution in [0.25, 0.3) is 0 Å². The topological polar surface area (TPSA) is 144 Å². The lowest BCUT2D eigenvalue weighted by Gasteiger charge is -2.60. The van der Waals surface area contributed by atoms with Gasteiger partial charge in [0.05, 0.1) is 6.10 Å². The van der Waals surface area contributed by atoms with E-state index < -0.39 is 38.4 Å². The predicted molar refractivity (Wildman–Crippen MR) is 105 cm³/mol. The van der Waals surface area contributed by atoms with E-state index in [4.69, 9.17) is 17.5 Å². The van der Waals surface area contributed by atoms with Crippen molar-refractivity contribution in [1.29, 1.82) is 0 Å². The summed E-state index contributed by atoms with van der Waals surface area (Å²) in [6, 6.07) is 0. The molecule has 0 bridgehead atoms. The Labute approximate surface area is 177 Å². The van der Waals surface area contributed by atoms with Crippen LogP contribution in [-0.4, -0.2) is 43.9 Å². The molecule has 11 heteroatoms. The second-order valence-electron chi connectivity index (χ2n) is 10.1. The van der Waals surface area contributed by atoms with Crippen LogP contribution in [0.5, 0.6) is 0 Å². The van der Waals surface area contributed by atoms with E-state index in [1.807, 2.05) is 6.92 Å². The van der Waals surface area contributed by atoms with Gasteiger partial charge < -0.3 is 0 Å². The summed E-state index contributed by atoms with van der Waals surface area (Å²) in [5.41, 5.74) is -0.667. The van der Waals surface area contributed by atoms with Crippen molar-refractivity contribution in [3.05, 3.63) is 0 Å². The number of hydrogen-bond donors (Lipinski definition) is 2. The molecule has 0 amide bonds. The summed E-state index contributed by atoms with van der Waals surface area (Å²) in [4.78, 5) is 13.0. The van der Waals surface area contributed by atoms with Gasteiger partial charge in [0.2, 0.25) is 0 Å². The first-order chi connectivity index (χ1) is 13.7. The van der Waals surface area contributed by atoms with Crippen molar-refractivity contribution < 1.29 is 39.1 Å². The fraction of sp³-hybridized carbons (Fsp3) is 0.947. The smallest absolute Gasteiger partial charge is 0.296 e. The number of carbonyl (C=O) groups excluding carboxylic acids is 1. The molecule has 172 valence electrons. The van der Waals surface area contributed by atoms with E-state index in [9.17, 15) is 21.6 Å². The normalized spacial score (nSPS) is 46.7. The summed E-state index contributed by atoms with van der Waals surface area (Å²) in [5, 5.41) is 0. The average molecular weight is 467 g/mol. The molecule has 9 nitrogen and oxygen atoms in total. The molecule has 4 fully saturated rings. The minimum absolute atomic E-state index is 0.0000630. The van der Waals surface area contributed by atoms with Gasteiger partial charge in [0.15, 0.2) is 5.78 Å². The Bertz CT molecular complexity index is 930. The van der Waals surface area contributed by atoms with Crippen LogP contribution in [0, 0.1) is 34.5 Å². The highest BCUT2D eigenvalue weighted by Gasteiger charge is 2.63. The maximum absolute atomic E-state index is 13.0. The largest absolute Gasteiger partial charge is 0.398 e. The van der Waals surface area contributed by atoms with Crippen LogP contribution < -0.4 is 0 Å². The van der Waals surface area contributed by atoms with Gasteiger partial charge in [0.25, 0.3) is 0 Å². The zero-order valence-electron chi connectivity index (χ0n) is 17.2. The molecule has 0 aromatic rings. The summed E-state index contributed by atoms with van der Waals surface area (Å²) >= 11 is 0. The fourth-order valence-corrected chi connectivity index (χ4v) is 8.45. The van der Waals surface area contributed by atoms with E-state index in [1.54, 1.807) is 0 Å². The van der Waals surface area contributed by atoms with Crippen molar-refractivity contribution in [2.45, 2.75) is 77.4 Å². The van der Waals surface area contributed by atoms with E-state index in [2.05, 4.69) is 6.92 Å². The number of carbonyl (C=O) groups is 1. The van der Waals surface area contributed by atoms with Gasteiger partial charge in [-0.3, -0.25) is 13.9 Å². The molecule has 4 aliphatic rings. The molecule has 0 aromatic heterocycles. The van der Waals surface area contributed by atoms with Crippen molar-refractivity contribution in [1.82, 2.24) is 0 Å². The highest BCUT2D eigenvalue weighted by molar-refractivity contribution is 7.81. The van der Waals surface area contributed by atoms with Gasteiger partial charge in [-0.25, -0.2) is 8.37 Å². The lowest BCUT2D eigenvalue weighted by atomic mass is 9.45. The molecule has 0 radical (unpaired) electrons. The highest BCUT2D eigenvalue weighted by Crippen LogP contribution is 2.65. The second-order valence-corrected chi connectivity index (χ2v) is 12.2. The van der Waals surface area contributed by atoms with Gasteiger partial charge in [0.1, 0.15) is 6.10 Å². The van der Waals surface area contributed by atoms with Crippen molar-refractivity contribution in [3.8, 4) is 0 Å². The first kappa shape index (κ1) is 22.6. The van der Waals surface area contributed by atoms with Gasteiger partial charge >= 0.3 is 20.8 Å². The van der Waals surface area contributed by atoms with Crippen LogP contribution in [-0.2, 0) is 34.0 Å². The van der Waals surface area contributed by atoms with Gasteiger partial charge in [-0.2, -0.15) is 16.8 Å². The molecule has 0 saturated heterocycles. The predicted octanol–water partition coefficient (Wildman–Crippen LogP) is 2.58. The van der Waals surface area contributed by atoms with E-state index in [-0.39, 0.29) is 29.0 Å². The van der Waals surface area contributed by atoms with Crippen molar-refractivity contribution in [2.24, 2.45) is 34.5 Å². The molecule has 4 rings (SSSR count). The third-order valence-electron chi connectivity index (χ3n) is 8.83. The van der Waals surface area contributed by atoms with Crippen LogP contribution >= 0.6 is 0 Å². The van der Waals surface area contributed by atoms with Crippen LogP contribution in [0.2, 0.25) is 0 Å². The molecule has 0 unspecified atom stereocenters. The molecule has 8 atom stereocenters. The summed E-state index contributed by atoms with van der Waals surface area (Å²) in [6.07, 6.45) is 3.80. The minimum Gasteiger partial charge on any atom is -0.296 e. The van der Waals surface area contributed by atoms with Crippen LogP contribution in [0.15, 0.2) is 0 Å². The first-order valence-corrected chi connectivity index (χ1v) is 13.3. The Morgan fingerprint density at radius 2 is 1.53 bits per heavy atom. The van der Waals surface area contributed by atoms with Crippen molar-refractivity contribution in [3.63, 3.8) is 0 Å². The molecule has 0 aromatic carbocycles. The Hall–Kier alpha value is -0.590. The molecule has 2 N–H and O–H groups in total. The Morgan fingerprint density at radius 1 is 0.867 bits per heavy atom. The maximum Gasteiger partial charge on any atom is 0.398 e. The third-order valence-corrected chi connectivity index (χ3v) is 9.82. The van der Waals surface area contributed by atoms with E-state index in [0.29, 0.717) is 31.6 Å². The van der Waals surface area contributed by atoms with Crippen molar-refractivity contribution >= 4 is 26.6 Å². The van der Waals surface area contributed by atoms with Crippen LogP contribution in [0.4, 0.5) is 0 Å². The second kappa shape index (κ2) is 7.21. The molecule has 4 saturated carbocycles. The van der Waals surface area contributed by atoms with Crippen molar-refractivity contribution in [2.75, 3.05) is 0 Å². The average Bonchev–Trinajstić information content (AvgIpc) is 2.84. The van der Waals surface area contributed by atoms with E-state index >= 15 is 0 Å². The quantitative estimate of drug-likeness (QED) is 0.597. The van der Waals surface area contributed by atoms with E-state index in [1.165, 1.54) is 0 Å². The Balaban J connectivity index is 1.54. The number of hydrogen-bond acceptors (Lipinski definition) is 7. The highest BCUT2D eigenvalue weighted by atomic mass is 32.3. The zero-order chi connectivity index (χ0) is 22.1. The maximum atomic E-state index is 13.0. The fourth-order valence-electron chi connectivity index (χ4n) is 7.47. The number of ketones is 1. The zero-order valence-corrected chi connectivity index (χ0v) is 18.8. The lowest BCUT2D eigenvalue weighted by molar-refractivity contribution is -0.143.